The number of imidazole rings is 1. The van der Waals surface area contributed by atoms with Crippen LogP contribution < -0.4 is 5.32 Å². The van der Waals surface area contributed by atoms with E-state index in [0.29, 0.717) is 0 Å². The molecule has 0 radical (unpaired) electrons. The summed E-state index contributed by atoms with van der Waals surface area (Å²) in [7, 11) is 0. The summed E-state index contributed by atoms with van der Waals surface area (Å²) < 4.78 is 60.2. The van der Waals surface area contributed by atoms with Crippen molar-refractivity contribution in [3.63, 3.8) is 0 Å². The molecule has 0 atom stereocenters. The fraction of sp³-hybridized carbons (Fsp3) is 0.467. The van der Waals surface area contributed by atoms with Crippen LogP contribution >= 0.6 is 0 Å². The first-order valence-electron chi connectivity index (χ1n) is 7.55. The van der Waals surface area contributed by atoms with Crippen molar-refractivity contribution < 1.29 is 41.8 Å². The van der Waals surface area contributed by atoms with Crippen molar-refractivity contribution in [3.05, 3.63) is 24.3 Å². The number of rotatable bonds is 5. The molecule has 0 saturated heterocycles. The van der Waals surface area contributed by atoms with Gasteiger partial charge in [0.2, 0.25) is 0 Å². The van der Waals surface area contributed by atoms with E-state index in [4.69, 9.17) is 15.0 Å². The third-order valence-corrected chi connectivity index (χ3v) is 3.72. The second-order valence-corrected chi connectivity index (χ2v) is 6.37. The number of aliphatic carboxylic acids is 1. The smallest absolute Gasteiger partial charge is 0.476 e. The lowest BCUT2D eigenvalue weighted by atomic mass is 9.86. The van der Waals surface area contributed by atoms with E-state index in [1.807, 2.05) is 0 Å². The Hall–Kier alpha value is -2.99. The molecular weight excluding hydrogens is 395 g/mol. The average molecular weight is 412 g/mol. The number of carboxylic acids is 2. The molecule has 156 valence electrons. The number of hydrogen-bond donors (Lipinski definition) is 3. The Morgan fingerprint density at radius 2 is 1.68 bits per heavy atom. The Morgan fingerprint density at radius 3 is 2.11 bits per heavy atom. The van der Waals surface area contributed by atoms with E-state index in [9.17, 15) is 26.7 Å². The van der Waals surface area contributed by atoms with Crippen molar-refractivity contribution in [1.29, 1.82) is 0 Å². The van der Waals surface area contributed by atoms with Crippen LogP contribution in [-0.2, 0) is 4.79 Å². The van der Waals surface area contributed by atoms with Gasteiger partial charge < -0.3 is 19.9 Å². The molecule has 8 nitrogen and oxygen atoms in total. The minimum atomic E-state index is -5.08. The number of nitrogens with zero attached hydrogens (tertiary/aromatic N) is 3. The van der Waals surface area contributed by atoms with E-state index in [1.165, 1.54) is 30.6 Å². The molecule has 0 aliphatic carbocycles. The molecule has 0 fully saturated rings. The summed E-state index contributed by atoms with van der Waals surface area (Å²) in [6.45, 7) is 3.71. The molecule has 0 aliphatic heterocycles. The SMILES string of the molecule is CC(F)(F)C(C)(C)CNc1nccn2cc(C(=O)O)nc12.O=C(O)C(F)(F)F. The summed E-state index contributed by atoms with van der Waals surface area (Å²) in [6.07, 6.45) is -0.761. The van der Waals surface area contributed by atoms with Crippen LogP contribution in [0.15, 0.2) is 18.6 Å². The van der Waals surface area contributed by atoms with E-state index in [0.717, 1.165) is 6.92 Å². The molecule has 0 unspecified atom stereocenters. The topological polar surface area (TPSA) is 117 Å². The second-order valence-electron chi connectivity index (χ2n) is 6.37. The van der Waals surface area contributed by atoms with Gasteiger partial charge in [0, 0.05) is 30.6 Å². The maximum Gasteiger partial charge on any atom is 0.490 e. The number of aromatic nitrogens is 3. The first-order chi connectivity index (χ1) is 12.6. The lowest BCUT2D eigenvalue weighted by Crippen LogP contribution is -2.39. The molecule has 13 heteroatoms. The van der Waals surface area contributed by atoms with Crippen molar-refractivity contribution in [3.8, 4) is 0 Å². The van der Waals surface area contributed by atoms with Crippen LogP contribution in [0.1, 0.15) is 31.3 Å². The van der Waals surface area contributed by atoms with Crippen molar-refractivity contribution in [2.24, 2.45) is 5.41 Å². The van der Waals surface area contributed by atoms with Gasteiger partial charge in [0.1, 0.15) is 0 Å². The average Bonchev–Trinajstić information content (AvgIpc) is 2.96. The number of hydrogen-bond acceptors (Lipinski definition) is 5. The van der Waals surface area contributed by atoms with E-state index < -0.39 is 29.5 Å². The van der Waals surface area contributed by atoms with E-state index in [2.05, 4.69) is 15.3 Å². The number of fused-ring (bicyclic) bond motifs is 1. The van der Waals surface area contributed by atoms with Crippen molar-refractivity contribution in [2.45, 2.75) is 32.9 Å². The van der Waals surface area contributed by atoms with Crippen molar-refractivity contribution in [1.82, 2.24) is 14.4 Å². The van der Waals surface area contributed by atoms with Gasteiger partial charge in [0.05, 0.1) is 0 Å². The fourth-order valence-electron chi connectivity index (χ4n) is 1.61. The summed E-state index contributed by atoms with van der Waals surface area (Å²) in [6, 6.07) is 0. The number of anilines is 1. The van der Waals surface area contributed by atoms with E-state index in [-0.39, 0.29) is 23.7 Å². The molecule has 2 heterocycles. The highest BCUT2D eigenvalue weighted by Crippen LogP contribution is 2.35. The zero-order valence-corrected chi connectivity index (χ0v) is 14.9. The van der Waals surface area contributed by atoms with Crippen LogP contribution in [0.2, 0.25) is 0 Å². The standard InChI is InChI=1S/C13H16F2N4O2.C2HF3O2/c1-12(2,13(3,14)15)7-17-9-10-18-8(11(20)21)6-19(10)5-4-16-9;3-2(4,5)1(6)7/h4-6H,7H2,1-3H3,(H,16,17)(H,20,21);(H,6,7). The summed E-state index contributed by atoms with van der Waals surface area (Å²) >= 11 is 0. The van der Waals surface area contributed by atoms with Gasteiger partial charge in [-0.25, -0.2) is 28.3 Å². The third kappa shape index (κ3) is 5.76. The van der Waals surface area contributed by atoms with E-state index in [1.54, 1.807) is 6.20 Å². The zero-order valence-electron chi connectivity index (χ0n) is 14.9. The van der Waals surface area contributed by atoms with Crippen molar-refractivity contribution >= 4 is 23.4 Å². The Morgan fingerprint density at radius 1 is 1.14 bits per heavy atom. The predicted octanol–water partition coefficient (Wildman–Crippen LogP) is 3.15. The van der Waals surface area contributed by atoms with Gasteiger partial charge in [0.25, 0.3) is 5.92 Å². The predicted molar refractivity (Wildman–Crippen MR) is 86.5 cm³/mol. The number of carbonyl (C=O) groups is 2. The molecule has 0 saturated carbocycles. The minimum Gasteiger partial charge on any atom is -0.476 e. The van der Waals surface area contributed by atoms with E-state index >= 15 is 0 Å². The van der Waals surface area contributed by atoms with Crippen LogP contribution in [0.5, 0.6) is 0 Å². The van der Waals surface area contributed by atoms with Gasteiger partial charge in [-0.15, -0.1) is 0 Å². The third-order valence-electron chi connectivity index (χ3n) is 3.72. The molecule has 3 N–H and O–H groups in total. The Kier molecular flexibility index (Phi) is 6.54. The molecule has 2 aromatic heterocycles. The highest BCUT2D eigenvalue weighted by molar-refractivity contribution is 5.86. The Labute approximate surface area is 155 Å². The number of alkyl halides is 5. The molecule has 0 aromatic carbocycles. The number of nitrogens with one attached hydrogen (secondary N) is 1. The number of halogens is 5. The monoisotopic (exact) mass is 412 g/mol. The molecule has 2 aromatic rings. The summed E-state index contributed by atoms with van der Waals surface area (Å²) in [5.41, 5.74) is -1.14. The van der Waals surface area contributed by atoms with Gasteiger partial charge in [-0.1, -0.05) is 13.8 Å². The van der Waals surface area contributed by atoms with Crippen LogP contribution in [0.25, 0.3) is 5.65 Å². The van der Waals surface area contributed by atoms with Crippen LogP contribution in [0.3, 0.4) is 0 Å². The quantitative estimate of drug-likeness (QED) is 0.646. The van der Waals surface area contributed by atoms with Crippen LogP contribution in [-0.4, -0.2) is 55.2 Å². The second kappa shape index (κ2) is 7.94. The molecular formula is C15H17F5N4O4. The molecule has 28 heavy (non-hydrogen) atoms. The highest BCUT2D eigenvalue weighted by Gasteiger charge is 2.41. The van der Waals surface area contributed by atoms with Crippen LogP contribution in [0, 0.1) is 5.41 Å². The van der Waals surface area contributed by atoms with Crippen molar-refractivity contribution in [2.75, 3.05) is 11.9 Å². The first-order valence-corrected chi connectivity index (χ1v) is 7.55. The van der Waals surface area contributed by atoms with Gasteiger partial charge in [0.15, 0.2) is 17.2 Å². The Balaban J connectivity index is 0.000000480. The minimum absolute atomic E-state index is 0.0293. The van der Waals surface area contributed by atoms with Gasteiger partial charge in [-0.05, 0) is 6.92 Å². The molecule has 0 aliphatic rings. The molecule has 0 amide bonds. The lowest BCUT2D eigenvalue weighted by molar-refractivity contribution is -0.192. The largest absolute Gasteiger partial charge is 0.490 e. The summed E-state index contributed by atoms with van der Waals surface area (Å²) in [4.78, 5) is 27.8. The fourth-order valence-corrected chi connectivity index (χ4v) is 1.61. The van der Waals surface area contributed by atoms with Gasteiger partial charge in [-0.3, -0.25) is 0 Å². The zero-order chi connectivity index (χ0) is 21.9. The molecule has 0 bridgehead atoms. The van der Waals surface area contributed by atoms with Gasteiger partial charge >= 0.3 is 18.1 Å². The normalized spacial score (nSPS) is 12.3. The Bertz CT molecular complexity index is 858. The first kappa shape index (κ1) is 23.0. The number of aromatic carboxylic acids is 1. The summed E-state index contributed by atoms with van der Waals surface area (Å²) in [5.74, 6) is -6.52. The van der Waals surface area contributed by atoms with Gasteiger partial charge in [-0.2, -0.15) is 13.2 Å². The molecule has 0 spiro atoms. The molecule has 2 rings (SSSR count). The highest BCUT2D eigenvalue weighted by atomic mass is 19.4. The lowest BCUT2D eigenvalue weighted by Gasteiger charge is -2.31. The summed E-state index contributed by atoms with van der Waals surface area (Å²) in [5, 5.41) is 18.9. The van der Waals surface area contributed by atoms with Crippen LogP contribution in [0.4, 0.5) is 27.8 Å². The maximum atomic E-state index is 13.5. The maximum absolute atomic E-state index is 13.5. The number of carboxylic acid groups (broad SMARTS) is 2.